The van der Waals surface area contributed by atoms with E-state index in [2.05, 4.69) is 20.4 Å². The van der Waals surface area contributed by atoms with Crippen LogP contribution in [0, 0.1) is 5.92 Å². The van der Waals surface area contributed by atoms with Crippen molar-refractivity contribution in [3.05, 3.63) is 47.7 Å². The molecule has 1 aromatic carbocycles. The van der Waals surface area contributed by atoms with Crippen LogP contribution in [0.5, 0.6) is 0 Å². The lowest BCUT2D eigenvalue weighted by Crippen LogP contribution is -2.37. The minimum absolute atomic E-state index is 0.0447. The summed E-state index contributed by atoms with van der Waals surface area (Å²) in [7, 11) is -3.51. The van der Waals surface area contributed by atoms with Gasteiger partial charge in [0.05, 0.1) is 16.3 Å². The molecule has 0 radical (unpaired) electrons. The van der Waals surface area contributed by atoms with E-state index in [-0.39, 0.29) is 16.7 Å². The van der Waals surface area contributed by atoms with Crippen LogP contribution in [0.3, 0.4) is 0 Å². The maximum absolute atomic E-state index is 12.8. The highest BCUT2D eigenvalue weighted by molar-refractivity contribution is 7.89. The third kappa shape index (κ3) is 5.54. The van der Waals surface area contributed by atoms with Crippen molar-refractivity contribution in [1.82, 2.24) is 19.3 Å². The maximum Gasteiger partial charge on any atom is 0.243 e. The normalized spacial score (nSPS) is 15.6. The lowest BCUT2D eigenvalue weighted by Gasteiger charge is -2.30. The van der Waals surface area contributed by atoms with E-state index in [1.54, 1.807) is 35.6 Å². The molecule has 1 aliphatic heterocycles. The Labute approximate surface area is 203 Å². The van der Waals surface area contributed by atoms with E-state index in [1.165, 1.54) is 4.31 Å². The molecule has 1 amide bonds. The molecule has 0 unspecified atom stereocenters. The van der Waals surface area contributed by atoms with E-state index in [0.717, 1.165) is 30.8 Å². The Kier molecular flexibility index (Phi) is 7.77. The Hall–Kier alpha value is -2.60. The number of amides is 1. The zero-order valence-corrected chi connectivity index (χ0v) is 20.9. The lowest BCUT2D eigenvalue weighted by atomic mass is 9.96. The van der Waals surface area contributed by atoms with Crippen LogP contribution in [-0.2, 0) is 21.4 Å². The smallest absolute Gasteiger partial charge is 0.243 e. The van der Waals surface area contributed by atoms with Gasteiger partial charge in [-0.05, 0) is 61.6 Å². The van der Waals surface area contributed by atoms with E-state index >= 15 is 0 Å². The van der Waals surface area contributed by atoms with Crippen LogP contribution < -0.4 is 5.32 Å². The molecule has 182 valence electrons. The van der Waals surface area contributed by atoms with Crippen LogP contribution in [0.15, 0.2) is 51.2 Å². The predicted octanol–water partition coefficient (Wildman–Crippen LogP) is 3.68. The molecule has 4 rings (SSSR count). The Morgan fingerprint density at radius 3 is 2.50 bits per heavy atom. The van der Waals surface area contributed by atoms with Crippen LogP contribution in [-0.4, -0.2) is 59.8 Å². The molecule has 0 aliphatic carbocycles. The summed E-state index contributed by atoms with van der Waals surface area (Å²) in [6, 6.07) is 10.3. The van der Waals surface area contributed by atoms with Crippen LogP contribution in [0.2, 0.25) is 0 Å². The molecule has 0 spiro atoms. The highest BCUT2D eigenvalue weighted by Gasteiger charge is 2.27. The van der Waals surface area contributed by atoms with E-state index in [1.807, 2.05) is 31.4 Å². The largest absolute Gasteiger partial charge is 0.338 e. The molecule has 0 saturated carbocycles. The van der Waals surface area contributed by atoms with Crippen molar-refractivity contribution in [2.45, 2.75) is 38.1 Å². The van der Waals surface area contributed by atoms with Crippen molar-refractivity contribution >= 4 is 33.0 Å². The third-order valence-corrected chi connectivity index (χ3v) is 8.92. The molecule has 3 aromatic rings. The Bertz CT molecular complexity index is 1180. The van der Waals surface area contributed by atoms with E-state index in [4.69, 9.17) is 4.52 Å². The lowest BCUT2D eigenvalue weighted by molar-refractivity contribution is -0.121. The molecule has 0 atom stereocenters. The number of carbonyl (C=O) groups is 1. The summed E-state index contributed by atoms with van der Waals surface area (Å²) in [5, 5.41) is 8.95. The Morgan fingerprint density at radius 2 is 1.88 bits per heavy atom. The van der Waals surface area contributed by atoms with Gasteiger partial charge in [-0.25, -0.2) is 8.42 Å². The number of hydrogen-bond acceptors (Lipinski definition) is 8. The SMILES string of the molecule is CCN(CC)S(=O)(=O)c1ccc(NC(=O)C2CCN(Cc3nc(-c4cccs4)no3)CC2)cc1. The second kappa shape index (κ2) is 10.8. The van der Waals surface area contributed by atoms with Crippen molar-refractivity contribution in [3.63, 3.8) is 0 Å². The first kappa shape index (κ1) is 24.5. The molecule has 0 bridgehead atoms. The monoisotopic (exact) mass is 503 g/mol. The van der Waals surface area contributed by atoms with Gasteiger partial charge in [-0.1, -0.05) is 25.1 Å². The van der Waals surface area contributed by atoms with Crippen molar-refractivity contribution in [2.24, 2.45) is 5.92 Å². The number of rotatable bonds is 9. The first-order valence-corrected chi connectivity index (χ1v) is 13.7. The van der Waals surface area contributed by atoms with Gasteiger partial charge < -0.3 is 9.84 Å². The van der Waals surface area contributed by atoms with Crippen LogP contribution in [0.1, 0.15) is 32.6 Å². The molecule has 11 heteroatoms. The fraction of sp³-hybridized carbons (Fsp3) is 0.435. The van der Waals surface area contributed by atoms with E-state index in [9.17, 15) is 13.2 Å². The average molecular weight is 504 g/mol. The number of nitrogens with zero attached hydrogens (tertiary/aromatic N) is 4. The van der Waals surface area contributed by atoms with Gasteiger partial charge in [0.1, 0.15) is 0 Å². The van der Waals surface area contributed by atoms with Crippen LogP contribution in [0.25, 0.3) is 10.7 Å². The quantitative estimate of drug-likeness (QED) is 0.474. The summed E-state index contributed by atoms with van der Waals surface area (Å²) in [5.41, 5.74) is 0.595. The predicted molar refractivity (Wildman–Crippen MR) is 131 cm³/mol. The van der Waals surface area contributed by atoms with Gasteiger partial charge in [-0.2, -0.15) is 9.29 Å². The summed E-state index contributed by atoms with van der Waals surface area (Å²) in [6.45, 7) is 6.54. The highest BCUT2D eigenvalue weighted by atomic mass is 32.2. The number of aromatic nitrogens is 2. The summed E-state index contributed by atoms with van der Waals surface area (Å²) < 4.78 is 32.0. The van der Waals surface area contributed by atoms with Gasteiger partial charge in [0.25, 0.3) is 0 Å². The molecule has 2 aromatic heterocycles. The third-order valence-electron chi connectivity index (χ3n) is 5.99. The zero-order chi connectivity index (χ0) is 24.1. The number of carbonyl (C=O) groups excluding carboxylic acids is 1. The second-order valence-electron chi connectivity index (χ2n) is 8.14. The number of benzene rings is 1. The summed E-state index contributed by atoms with van der Waals surface area (Å²) in [4.78, 5) is 20.6. The number of piperidine rings is 1. The highest BCUT2D eigenvalue weighted by Crippen LogP contribution is 2.24. The Balaban J connectivity index is 1.27. The fourth-order valence-electron chi connectivity index (χ4n) is 4.04. The number of anilines is 1. The van der Waals surface area contributed by atoms with Crippen molar-refractivity contribution < 1.29 is 17.7 Å². The molecule has 9 nitrogen and oxygen atoms in total. The van der Waals surface area contributed by atoms with Gasteiger partial charge in [0.2, 0.25) is 27.6 Å². The number of nitrogens with one attached hydrogen (secondary N) is 1. The van der Waals surface area contributed by atoms with Gasteiger partial charge in [0.15, 0.2) is 0 Å². The second-order valence-corrected chi connectivity index (χ2v) is 11.0. The molecule has 3 heterocycles. The molecule has 1 aliphatic rings. The summed E-state index contributed by atoms with van der Waals surface area (Å²) >= 11 is 1.57. The number of thiophene rings is 1. The first-order valence-electron chi connectivity index (χ1n) is 11.4. The van der Waals surface area contributed by atoms with Gasteiger partial charge in [0, 0.05) is 24.7 Å². The average Bonchev–Trinajstić information content (AvgIpc) is 3.53. The van der Waals surface area contributed by atoms with Gasteiger partial charge >= 0.3 is 0 Å². The maximum atomic E-state index is 12.8. The van der Waals surface area contributed by atoms with E-state index < -0.39 is 10.0 Å². The van der Waals surface area contributed by atoms with Crippen molar-refractivity contribution in [2.75, 3.05) is 31.5 Å². The van der Waals surface area contributed by atoms with Gasteiger partial charge in [-0.15, -0.1) is 11.3 Å². The Morgan fingerprint density at radius 1 is 1.18 bits per heavy atom. The van der Waals surface area contributed by atoms with Crippen LogP contribution in [0.4, 0.5) is 5.69 Å². The molecule has 34 heavy (non-hydrogen) atoms. The van der Waals surface area contributed by atoms with Crippen LogP contribution >= 0.6 is 11.3 Å². The fourth-order valence-corrected chi connectivity index (χ4v) is 6.14. The number of sulfonamides is 1. The summed E-state index contributed by atoms with van der Waals surface area (Å²) in [5.74, 6) is 1.04. The number of likely N-dealkylation sites (tertiary alicyclic amines) is 1. The first-order chi connectivity index (χ1) is 16.4. The molecular weight excluding hydrogens is 474 g/mol. The van der Waals surface area contributed by atoms with Gasteiger partial charge in [-0.3, -0.25) is 9.69 Å². The number of hydrogen-bond donors (Lipinski definition) is 1. The van der Waals surface area contributed by atoms with E-state index in [0.29, 0.717) is 37.0 Å². The van der Waals surface area contributed by atoms with Crippen molar-refractivity contribution in [3.8, 4) is 10.7 Å². The molecule has 1 fully saturated rings. The molecular formula is C23H29N5O4S2. The topological polar surface area (TPSA) is 109 Å². The zero-order valence-electron chi connectivity index (χ0n) is 19.3. The minimum atomic E-state index is -3.51. The molecule has 1 saturated heterocycles. The van der Waals surface area contributed by atoms with Crippen molar-refractivity contribution in [1.29, 1.82) is 0 Å². The molecule has 1 N–H and O–H groups in total. The standard InChI is InChI=1S/C23H29N5O4S2/c1-3-28(4-2)34(30,31)19-9-7-18(8-10-19)24-23(29)17-11-13-27(14-12-17)16-21-25-22(26-32-21)20-6-5-15-33-20/h5-10,15,17H,3-4,11-14,16H2,1-2H3,(H,24,29). The minimum Gasteiger partial charge on any atom is -0.338 e. The summed E-state index contributed by atoms with van der Waals surface area (Å²) in [6.07, 6.45) is 1.46.